The zero-order valence-electron chi connectivity index (χ0n) is 18.8. The Labute approximate surface area is 198 Å². The highest BCUT2D eigenvalue weighted by Gasteiger charge is 2.30. The van der Waals surface area contributed by atoms with Gasteiger partial charge in [-0.3, -0.25) is 9.59 Å². The standard InChI is InChI=1S/C27H26N2O5/c1-18(26(32)29(16-25(30)31)15-19-9-3-2-4-10-19)28-27(33)34-17-24-22-13-7-5-11-20(22)21-12-6-8-14-23(21)24/h2-14,18,24H,15-17H2,1H3,(H,28,33)(H,30,31)/t18-/m0/s1. The molecular weight excluding hydrogens is 432 g/mol. The number of nitrogens with one attached hydrogen (secondary N) is 1. The van der Waals surface area contributed by atoms with Crippen LogP contribution in [0.1, 0.15) is 29.5 Å². The monoisotopic (exact) mass is 458 g/mol. The molecule has 0 aliphatic heterocycles. The minimum atomic E-state index is -1.13. The van der Waals surface area contributed by atoms with E-state index in [2.05, 4.69) is 17.4 Å². The Morgan fingerprint density at radius 1 is 0.912 bits per heavy atom. The second-order valence-corrected chi connectivity index (χ2v) is 8.27. The van der Waals surface area contributed by atoms with Crippen molar-refractivity contribution in [3.8, 4) is 11.1 Å². The summed E-state index contributed by atoms with van der Waals surface area (Å²) in [7, 11) is 0. The lowest BCUT2D eigenvalue weighted by Gasteiger charge is -2.25. The molecule has 0 unspecified atom stereocenters. The van der Waals surface area contributed by atoms with Gasteiger partial charge in [-0.15, -0.1) is 0 Å². The molecule has 0 spiro atoms. The van der Waals surface area contributed by atoms with Crippen molar-refractivity contribution >= 4 is 18.0 Å². The van der Waals surface area contributed by atoms with Crippen molar-refractivity contribution in [2.24, 2.45) is 0 Å². The Morgan fingerprint density at radius 2 is 1.47 bits per heavy atom. The first kappa shape index (κ1) is 23.0. The van der Waals surface area contributed by atoms with Crippen LogP contribution in [0.15, 0.2) is 78.9 Å². The molecule has 2 N–H and O–H groups in total. The van der Waals surface area contributed by atoms with Gasteiger partial charge in [-0.25, -0.2) is 4.79 Å². The summed E-state index contributed by atoms with van der Waals surface area (Å²) >= 11 is 0. The van der Waals surface area contributed by atoms with E-state index in [1.807, 2.05) is 66.7 Å². The highest BCUT2D eigenvalue weighted by atomic mass is 16.5. The maximum atomic E-state index is 12.9. The van der Waals surface area contributed by atoms with Crippen molar-refractivity contribution in [1.29, 1.82) is 0 Å². The first-order valence-corrected chi connectivity index (χ1v) is 11.1. The van der Waals surface area contributed by atoms with Crippen molar-refractivity contribution in [3.05, 3.63) is 95.6 Å². The molecule has 7 nitrogen and oxygen atoms in total. The number of hydrogen-bond donors (Lipinski definition) is 2. The third kappa shape index (κ3) is 5.09. The number of rotatable bonds is 8. The van der Waals surface area contributed by atoms with Crippen LogP contribution in [0.2, 0.25) is 0 Å². The van der Waals surface area contributed by atoms with Gasteiger partial charge in [0.2, 0.25) is 5.91 Å². The first-order valence-electron chi connectivity index (χ1n) is 11.1. The number of aliphatic carboxylic acids is 1. The smallest absolute Gasteiger partial charge is 0.407 e. The fraction of sp³-hybridized carbons (Fsp3) is 0.222. The number of hydrogen-bond acceptors (Lipinski definition) is 4. The molecule has 0 fully saturated rings. The molecule has 0 radical (unpaired) electrons. The molecule has 2 amide bonds. The van der Waals surface area contributed by atoms with E-state index in [9.17, 15) is 19.5 Å². The number of nitrogens with zero attached hydrogens (tertiary/aromatic N) is 1. The normalized spacial score (nSPS) is 12.9. The van der Waals surface area contributed by atoms with E-state index in [4.69, 9.17) is 4.74 Å². The van der Waals surface area contributed by atoms with Crippen LogP contribution in [-0.2, 0) is 20.9 Å². The van der Waals surface area contributed by atoms with Crippen LogP contribution >= 0.6 is 0 Å². The maximum absolute atomic E-state index is 12.9. The number of carbonyl (C=O) groups is 3. The topological polar surface area (TPSA) is 95.9 Å². The summed E-state index contributed by atoms with van der Waals surface area (Å²) in [5.74, 6) is -1.72. The van der Waals surface area contributed by atoms with Gasteiger partial charge >= 0.3 is 12.1 Å². The lowest BCUT2D eigenvalue weighted by Crippen LogP contribution is -2.48. The van der Waals surface area contributed by atoms with Crippen LogP contribution in [0.3, 0.4) is 0 Å². The van der Waals surface area contributed by atoms with Gasteiger partial charge in [-0.1, -0.05) is 78.9 Å². The van der Waals surface area contributed by atoms with E-state index in [1.165, 1.54) is 11.8 Å². The molecule has 4 rings (SSSR count). The number of amides is 2. The Bertz CT molecular complexity index is 1150. The van der Waals surface area contributed by atoms with Crippen molar-refractivity contribution in [1.82, 2.24) is 10.2 Å². The van der Waals surface area contributed by atoms with Gasteiger partial charge in [0.25, 0.3) is 0 Å². The molecule has 1 aliphatic carbocycles. The molecule has 3 aromatic carbocycles. The number of carboxylic acid groups (broad SMARTS) is 1. The van der Waals surface area contributed by atoms with Crippen LogP contribution in [0.5, 0.6) is 0 Å². The predicted octanol–water partition coefficient (Wildman–Crippen LogP) is 4.03. The largest absolute Gasteiger partial charge is 0.480 e. The second kappa shape index (κ2) is 10.2. The van der Waals surface area contributed by atoms with Crippen LogP contribution in [0, 0.1) is 0 Å². The fourth-order valence-corrected chi connectivity index (χ4v) is 4.33. The zero-order chi connectivity index (χ0) is 24.1. The summed E-state index contributed by atoms with van der Waals surface area (Å²) in [6, 6.07) is 24.2. The third-order valence-corrected chi connectivity index (χ3v) is 5.90. The van der Waals surface area contributed by atoms with Gasteiger partial charge in [0, 0.05) is 12.5 Å². The molecule has 34 heavy (non-hydrogen) atoms. The summed E-state index contributed by atoms with van der Waals surface area (Å²) in [5.41, 5.74) is 5.24. The number of alkyl carbamates (subject to hydrolysis) is 1. The third-order valence-electron chi connectivity index (χ3n) is 5.90. The SMILES string of the molecule is C[C@H](NC(=O)OCC1c2ccccc2-c2ccccc21)C(=O)N(CC(=O)O)Cc1ccccc1. The van der Waals surface area contributed by atoms with E-state index < -0.39 is 30.6 Å². The van der Waals surface area contributed by atoms with Crippen LogP contribution in [0.4, 0.5) is 4.79 Å². The quantitative estimate of drug-likeness (QED) is 0.531. The van der Waals surface area contributed by atoms with Crippen molar-refractivity contribution < 1.29 is 24.2 Å². The summed E-state index contributed by atoms with van der Waals surface area (Å²) in [6.07, 6.45) is -0.724. The lowest BCUT2D eigenvalue weighted by atomic mass is 9.98. The van der Waals surface area contributed by atoms with Crippen molar-refractivity contribution in [3.63, 3.8) is 0 Å². The molecule has 0 saturated carbocycles. The number of fused-ring (bicyclic) bond motifs is 3. The fourth-order valence-electron chi connectivity index (χ4n) is 4.33. The number of benzene rings is 3. The van der Waals surface area contributed by atoms with E-state index >= 15 is 0 Å². The number of carbonyl (C=O) groups excluding carboxylic acids is 2. The van der Waals surface area contributed by atoms with Gasteiger partial charge in [-0.05, 0) is 34.7 Å². The molecule has 0 saturated heterocycles. The average Bonchev–Trinajstić information content (AvgIpc) is 3.16. The molecule has 7 heteroatoms. The van der Waals surface area contributed by atoms with Crippen molar-refractivity contribution in [2.75, 3.05) is 13.2 Å². The Kier molecular flexibility index (Phi) is 6.92. The first-order chi connectivity index (χ1) is 16.4. The van der Waals surface area contributed by atoms with E-state index in [0.717, 1.165) is 27.8 Å². The molecule has 0 bridgehead atoms. The number of ether oxygens (including phenoxy) is 1. The molecule has 0 heterocycles. The van der Waals surface area contributed by atoms with E-state index in [1.54, 1.807) is 0 Å². The van der Waals surface area contributed by atoms with Gasteiger partial charge in [0.15, 0.2) is 0 Å². The highest BCUT2D eigenvalue weighted by Crippen LogP contribution is 2.44. The van der Waals surface area contributed by atoms with Gasteiger partial charge < -0.3 is 20.1 Å². The van der Waals surface area contributed by atoms with E-state index in [0.29, 0.717) is 0 Å². The number of carboxylic acids is 1. The second-order valence-electron chi connectivity index (χ2n) is 8.27. The molecule has 3 aromatic rings. The summed E-state index contributed by atoms with van der Waals surface area (Å²) in [4.78, 5) is 37.9. The molecule has 174 valence electrons. The highest BCUT2D eigenvalue weighted by molar-refractivity contribution is 5.88. The Hall–Kier alpha value is -4.13. The zero-order valence-corrected chi connectivity index (χ0v) is 18.8. The van der Waals surface area contributed by atoms with Gasteiger partial charge in [-0.2, -0.15) is 0 Å². The van der Waals surface area contributed by atoms with Crippen LogP contribution in [0.25, 0.3) is 11.1 Å². The van der Waals surface area contributed by atoms with Crippen LogP contribution < -0.4 is 5.32 Å². The Morgan fingerprint density at radius 3 is 2.06 bits per heavy atom. The molecule has 0 aromatic heterocycles. The minimum Gasteiger partial charge on any atom is -0.480 e. The van der Waals surface area contributed by atoms with Crippen molar-refractivity contribution in [2.45, 2.75) is 25.4 Å². The molecule has 1 atom stereocenters. The summed E-state index contributed by atoms with van der Waals surface area (Å²) in [5, 5.41) is 11.8. The average molecular weight is 459 g/mol. The van der Waals surface area contributed by atoms with Crippen LogP contribution in [-0.4, -0.2) is 47.2 Å². The van der Waals surface area contributed by atoms with E-state index in [-0.39, 0.29) is 19.1 Å². The summed E-state index contributed by atoms with van der Waals surface area (Å²) in [6.45, 7) is 1.31. The minimum absolute atomic E-state index is 0.0919. The Balaban J connectivity index is 1.38. The maximum Gasteiger partial charge on any atom is 0.407 e. The molecule has 1 aliphatic rings. The van der Waals surface area contributed by atoms with Gasteiger partial charge in [0.1, 0.15) is 19.2 Å². The lowest BCUT2D eigenvalue weighted by molar-refractivity contribution is -0.145. The summed E-state index contributed by atoms with van der Waals surface area (Å²) < 4.78 is 5.50. The molecular formula is C27H26N2O5. The predicted molar refractivity (Wildman–Crippen MR) is 127 cm³/mol. The van der Waals surface area contributed by atoms with Gasteiger partial charge in [0.05, 0.1) is 0 Å².